The molecule has 2 aliphatic rings. The first-order valence-electron chi connectivity index (χ1n) is 9.98. The van der Waals surface area contributed by atoms with Crippen LogP contribution < -0.4 is 25.6 Å². The summed E-state index contributed by atoms with van der Waals surface area (Å²) >= 11 is 0. The van der Waals surface area contributed by atoms with Crippen molar-refractivity contribution in [1.82, 2.24) is 5.43 Å². The van der Waals surface area contributed by atoms with E-state index in [0.29, 0.717) is 6.73 Å². The van der Waals surface area contributed by atoms with Gasteiger partial charge in [-0.3, -0.25) is 5.01 Å². The van der Waals surface area contributed by atoms with Crippen LogP contribution >= 0.6 is 0 Å². The number of nitrogens with one attached hydrogen (secondary N) is 1. The summed E-state index contributed by atoms with van der Waals surface area (Å²) in [5, 5.41) is 2.05. The number of nitrogens with zero attached hydrogens (tertiary/aromatic N) is 1. The summed E-state index contributed by atoms with van der Waals surface area (Å²) in [7, 11) is -1.10. The highest BCUT2D eigenvalue weighted by Gasteiger charge is 2.27. The highest BCUT2D eigenvalue weighted by molar-refractivity contribution is 6.76. The molecule has 0 spiro atoms. The summed E-state index contributed by atoms with van der Waals surface area (Å²) in [6.07, 6.45) is 4.24. The quantitative estimate of drug-likeness (QED) is 0.400. The average molecular weight is 412 g/mol. The van der Waals surface area contributed by atoms with Crippen LogP contribution in [0.5, 0.6) is 11.5 Å². The van der Waals surface area contributed by atoms with E-state index in [9.17, 15) is 0 Å². The maximum Gasteiger partial charge on any atom is 0.231 e. The Balaban J connectivity index is 1.45. The first-order valence-corrected chi connectivity index (χ1v) is 13.7. The smallest absolute Gasteiger partial charge is 0.231 e. The SMILES string of the molecule is C[Si](C)(C)CCOCN1NC(/C=C/c2ccc3c(c2)OCO3)c2ccc(N)cc21. The lowest BCUT2D eigenvalue weighted by molar-refractivity contribution is 0.140. The Hall–Kier alpha value is -2.48. The number of ether oxygens (including phenoxy) is 3. The molecule has 2 heterocycles. The second-order valence-corrected chi connectivity index (χ2v) is 14.3. The van der Waals surface area contributed by atoms with Gasteiger partial charge in [-0.25, -0.2) is 5.43 Å². The molecule has 0 radical (unpaired) electrons. The summed E-state index contributed by atoms with van der Waals surface area (Å²) in [6, 6.07) is 13.2. The predicted molar refractivity (Wildman–Crippen MR) is 120 cm³/mol. The molecule has 0 aromatic heterocycles. The highest BCUT2D eigenvalue weighted by atomic mass is 28.3. The molecule has 0 amide bonds. The van der Waals surface area contributed by atoms with Gasteiger partial charge in [-0.15, -0.1) is 0 Å². The maximum absolute atomic E-state index is 6.03. The molecule has 154 valence electrons. The molecule has 2 aromatic carbocycles. The van der Waals surface area contributed by atoms with Gasteiger partial charge in [0.1, 0.15) is 6.73 Å². The molecule has 0 saturated heterocycles. The van der Waals surface area contributed by atoms with E-state index in [1.165, 1.54) is 5.56 Å². The monoisotopic (exact) mass is 411 g/mol. The van der Waals surface area contributed by atoms with Gasteiger partial charge in [-0.05, 0) is 41.4 Å². The minimum Gasteiger partial charge on any atom is -0.454 e. The van der Waals surface area contributed by atoms with Gasteiger partial charge in [0.25, 0.3) is 0 Å². The van der Waals surface area contributed by atoms with E-state index in [2.05, 4.69) is 43.3 Å². The van der Waals surface area contributed by atoms with Crippen LogP contribution in [0.2, 0.25) is 25.7 Å². The molecular weight excluding hydrogens is 382 g/mol. The number of hydrogen-bond donors (Lipinski definition) is 2. The van der Waals surface area contributed by atoms with E-state index in [0.717, 1.165) is 41.1 Å². The van der Waals surface area contributed by atoms with Gasteiger partial charge in [0.15, 0.2) is 11.5 Å². The van der Waals surface area contributed by atoms with Crippen LogP contribution in [0.1, 0.15) is 17.2 Å². The Morgan fingerprint density at radius 3 is 2.83 bits per heavy atom. The van der Waals surface area contributed by atoms with Gasteiger partial charge >= 0.3 is 0 Å². The van der Waals surface area contributed by atoms with E-state index >= 15 is 0 Å². The Bertz CT molecular complexity index is 911. The molecule has 1 unspecified atom stereocenters. The Labute approximate surface area is 173 Å². The third-order valence-electron chi connectivity index (χ3n) is 5.07. The zero-order valence-electron chi connectivity index (χ0n) is 17.3. The van der Waals surface area contributed by atoms with Crippen LogP contribution in [0.15, 0.2) is 42.5 Å². The number of nitrogens with two attached hydrogens (primary N) is 1. The number of fused-ring (bicyclic) bond motifs is 2. The fraction of sp³-hybridized carbons (Fsp3) is 0.364. The number of anilines is 2. The van der Waals surface area contributed by atoms with Gasteiger partial charge in [-0.2, -0.15) is 0 Å². The Morgan fingerprint density at radius 1 is 1.17 bits per heavy atom. The Morgan fingerprint density at radius 2 is 2.00 bits per heavy atom. The molecule has 29 heavy (non-hydrogen) atoms. The van der Waals surface area contributed by atoms with E-state index in [4.69, 9.17) is 19.9 Å². The number of nitrogen functional groups attached to an aromatic ring is 1. The van der Waals surface area contributed by atoms with Crippen molar-refractivity contribution in [2.45, 2.75) is 31.7 Å². The molecule has 6 nitrogen and oxygen atoms in total. The van der Waals surface area contributed by atoms with Crippen molar-refractivity contribution in [2.75, 3.05) is 30.9 Å². The van der Waals surface area contributed by atoms with Crippen LogP contribution in [0.4, 0.5) is 11.4 Å². The highest BCUT2D eigenvalue weighted by Crippen LogP contribution is 2.36. The van der Waals surface area contributed by atoms with Crippen LogP contribution in [0.3, 0.4) is 0 Å². The second kappa shape index (κ2) is 8.10. The summed E-state index contributed by atoms with van der Waals surface area (Å²) in [5.74, 6) is 1.58. The molecular formula is C22H29N3O3Si. The van der Waals surface area contributed by atoms with Crippen molar-refractivity contribution in [2.24, 2.45) is 0 Å². The summed E-state index contributed by atoms with van der Waals surface area (Å²) < 4.78 is 16.8. The van der Waals surface area contributed by atoms with Gasteiger partial charge in [-0.1, -0.05) is 43.9 Å². The standard InChI is InChI=1S/C22H29N3O3Si/c1-29(2,3)11-10-26-14-25-20-13-17(23)6-7-18(20)19(24-25)8-4-16-5-9-21-22(12-16)28-15-27-21/h4-9,12-13,19,24H,10-11,14-15,23H2,1-3H3/b8-4+. The molecule has 4 rings (SSSR count). The molecule has 2 aromatic rings. The topological polar surface area (TPSA) is 69.0 Å². The van der Waals surface area contributed by atoms with Crippen molar-refractivity contribution in [3.8, 4) is 11.5 Å². The van der Waals surface area contributed by atoms with Crippen LogP contribution in [0, 0.1) is 0 Å². The molecule has 0 fully saturated rings. The van der Waals surface area contributed by atoms with Crippen molar-refractivity contribution < 1.29 is 14.2 Å². The lowest BCUT2D eigenvalue weighted by Crippen LogP contribution is -2.36. The van der Waals surface area contributed by atoms with E-state index in [-0.39, 0.29) is 12.8 Å². The summed E-state index contributed by atoms with van der Waals surface area (Å²) in [4.78, 5) is 0. The zero-order valence-corrected chi connectivity index (χ0v) is 18.3. The van der Waals surface area contributed by atoms with Gasteiger partial charge in [0, 0.05) is 20.4 Å². The average Bonchev–Trinajstić information content (AvgIpc) is 3.26. The predicted octanol–water partition coefficient (Wildman–Crippen LogP) is 4.39. The lowest BCUT2D eigenvalue weighted by atomic mass is 10.0. The Kier molecular flexibility index (Phi) is 5.53. The fourth-order valence-corrected chi connectivity index (χ4v) is 4.13. The molecule has 0 aliphatic carbocycles. The molecule has 0 bridgehead atoms. The minimum atomic E-state index is -1.10. The number of hydrazine groups is 1. The first kappa shape index (κ1) is 19.8. The van der Waals surface area contributed by atoms with Crippen LogP contribution in [0.25, 0.3) is 6.08 Å². The first-order chi connectivity index (χ1) is 13.9. The van der Waals surface area contributed by atoms with Crippen LogP contribution in [-0.2, 0) is 4.74 Å². The van der Waals surface area contributed by atoms with Gasteiger partial charge < -0.3 is 19.9 Å². The fourth-order valence-electron chi connectivity index (χ4n) is 3.38. The third kappa shape index (κ3) is 4.75. The van der Waals surface area contributed by atoms with Crippen molar-refractivity contribution >= 4 is 25.5 Å². The largest absolute Gasteiger partial charge is 0.454 e. The minimum absolute atomic E-state index is 0.0524. The molecule has 0 saturated carbocycles. The molecule has 7 heteroatoms. The zero-order chi connectivity index (χ0) is 20.4. The van der Waals surface area contributed by atoms with Crippen molar-refractivity contribution in [1.29, 1.82) is 0 Å². The van der Waals surface area contributed by atoms with Crippen molar-refractivity contribution in [3.63, 3.8) is 0 Å². The van der Waals surface area contributed by atoms with Gasteiger partial charge in [0.05, 0.1) is 11.7 Å². The molecule has 2 aliphatic heterocycles. The van der Waals surface area contributed by atoms with E-state index < -0.39 is 8.07 Å². The van der Waals surface area contributed by atoms with E-state index in [1.54, 1.807) is 0 Å². The number of rotatable bonds is 7. The number of hydrogen-bond acceptors (Lipinski definition) is 6. The second-order valence-electron chi connectivity index (χ2n) is 8.67. The maximum atomic E-state index is 6.03. The van der Waals surface area contributed by atoms with Crippen molar-refractivity contribution in [3.05, 3.63) is 53.6 Å². The third-order valence-corrected chi connectivity index (χ3v) is 6.77. The van der Waals surface area contributed by atoms with Gasteiger partial charge in [0.2, 0.25) is 6.79 Å². The molecule has 3 N–H and O–H groups in total. The van der Waals surface area contributed by atoms with E-state index in [1.807, 2.05) is 35.3 Å². The lowest BCUT2D eigenvalue weighted by Gasteiger charge is -2.22. The summed E-state index contributed by atoms with van der Waals surface area (Å²) in [5.41, 5.74) is 13.6. The normalized spacial score (nSPS) is 17.9. The molecule has 1 atom stereocenters. The van der Waals surface area contributed by atoms with Crippen LogP contribution in [-0.4, -0.2) is 28.2 Å². The summed E-state index contributed by atoms with van der Waals surface area (Å²) in [6.45, 7) is 8.64. The number of benzene rings is 2.